The van der Waals surface area contributed by atoms with E-state index in [9.17, 15) is 13.2 Å². The smallest absolute Gasteiger partial charge is 0.435 e. The maximum Gasteiger partial charge on any atom is 0.435 e. The minimum absolute atomic E-state index is 0.000187. The van der Waals surface area contributed by atoms with E-state index in [1.165, 1.54) is 7.11 Å². The number of nitrogens with zero attached hydrogens (tertiary/aromatic N) is 1. The van der Waals surface area contributed by atoms with Crippen LogP contribution in [0.2, 0.25) is 0 Å². The molecule has 0 amide bonds. The molecule has 3 nitrogen and oxygen atoms in total. The summed E-state index contributed by atoms with van der Waals surface area (Å²) in [6.45, 7) is 0. The second-order valence-electron chi connectivity index (χ2n) is 5.40. The molecule has 2 aromatic carbocycles. The van der Waals surface area contributed by atoms with Crippen LogP contribution in [0.3, 0.4) is 0 Å². The third-order valence-electron chi connectivity index (χ3n) is 3.85. The lowest BCUT2D eigenvalue weighted by molar-refractivity contribution is -0.140. The molecule has 1 heterocycles. The number of aromatic nitrogens is 2. The highest BCUT2D eigenvalue weighted by atomic mass is 79.9. The Morgan fingerprint density at radius 2 is 1.73 bits per heavy atom. The van der Waals surface area contributed by atoms with E-state index in [0.29, 0.717) is 27.0 Å². The molecule has 1 N–H and O–H groups in total. The van der Waals surface area contributed by atoms with Crippen LogP contribution < -0.4 is 4.74 Å². The summed E-state index contributed by atoms with van der Waals surface area (Å²) in [6, 6.07) is 12.1. The van der Waals surface area contributed by atoms with Gasteiger partial charge in [-0.1, -0.05) is 18.2 Å². The molecule has 8 heteroatoms. The molecule has 1 aromatic heterocycles. The van der Waals surface area contributed by atoms with Gasteiger partial charge in [0.15, 0.2) is 5.69 Å². The van der Waals surface area contributed by atoms with Crippen molar-refractivity contribution in [1.29, 1.82) is 0 Å². The lowest BCUT2D eigenvalue weighted by atomic mass is 9.98. The van der Waals surface area contributed by atoms with Crippen molar-refractivity contribution in [2.45, 2.75) is 11.1 Å². The maximum absolute atomic E-state index is 13.5. The van der Waals surface area contributed by atoms with E-state index in [4.69, 9.17) is 4.74 Å². The summed E-state index contributed by atoms with van der Waals surface area (Å²) in [6.07, 6.45) is -2.64. The third kappa shape index (κ3) is 3.61. The van der Waals surface area contributed by atoms with Crippen molar-refractivity contribution in [2.24, 2.45) is 0 Å². The standard InChI is InChI=1S/C18H14BrF3N2OS/c1-25-14-9-11(5-8-13(14)19)15-16(23-24-17(15)18(20,21)22)10-3-6-12(26-2)7-4-10/h3-9H,1-2H3,(H,23,24). The fourth-order valence-corrected chi connectivity index (χ4v) is 3.43. The number of halogens is 4. The Morgan fingerprint density at radius 1 is 1.08 bits per heavy atom. The average Bonchev–Trinajstić information content (AvgIpc) is 3.07. The summed E-state index contributed by atoms with van der Waals surface area (Å²) >= 11 is 4.88. The molecule has 0 aliphatic heterocycles. The van der Waals surface area contributed by atoms with Gasteiger partial charge in [-0.05, 0) is 52.0 Å². The highest BCUT2D eigenvalue weighted by molar-refractivity contribution is 9.10. The Labute approximate surface area is 161 Å². The number of hydrogen-bond acceptors (Lipinski definition) is 3. The molecule has 136 valence electrons. The average molecular weight is 443 g/mol. The van der Waals surface area contributed by atoms with Crippen molar-refractivity contribution in [3.8, 4) is 28.1 Å². The van der Waals surface area contributed by atoms with Crippen molar-refractivity contribution in [3.63, 3.8) is 0 Å². The van der Waals surface area contributed by atoms with Crippen LogP contribution in [0.15, 0.2) is 51.8 Å². The normalized spacial score (nSPS) is 11.6. The van der Waals surface area contributed by atoms with Crippen LogP contribution in [0.5, 0.6) is 5.75 Å². The summed E-state index contributed by atoms with van der Waals surface area (Å²) in [7, 11) is 1.46. The molecule has 26 heavy (non-hydrogen) atoms. The molecule has 3 aromatic rings. The highest BCUT2D eigenvalue weighted by Gasteiger charge is 2.38. The first-order valence-electron chi connectivity index (χ1n) is 7.49. The van der Waals surface area contributed by atoms with Gasteiger partial charge >= 0.3 is 6.18 Å². The summed E-state index contributed by atoms with van der Waals surface area (Å²) in [5.74, 6) is 0.445. The van der Waals surface area contributed by atoms with Gasteiger partial charge < -0.3 is 4.74 Å². The molecule has 0 spiro atoms. The van der Waals surface area contributed by atoms with Gasteiger partial charge in [-0.15, -0.1) is 11.8 Å². The number of benzene rings is 2. The van der Waals surface area contributed by atoms with Crippen molar-refractivity contribution in [2.75, 3.05) is 13.4 Å². The van der Waals surface area contributed by atoms with Gasteiger partial charge in [-0.3, -0.25) is 5.10 Å². The van der Waals surface area contributed by atoms with Crippen molar-refractivity contribution < 1.29 is 17.9 Å². The van der Waals surface area contributed by atoms with E-state index >= 15 is 0 Å². The van der Waals surface area contributed by atoms with E-state index < -0.39 is 11.9 Å². The summed E-state index contributed by atoms with van der Waals surface area (Å²) in [4.78, 5) is 1.02. The maximum atomic E-state index is 13.5. The van der Waals surface area contributed by atoms with Gasteiger partial charge in [0.2, 0.25) is 0 Å². The predicted octanol–water partition coefficient (Wildman–Crippen LogP) is 6.26. The van der Waals surface area contributed by atoms with Crippen LogP contribution in [0, 0.1) is 0 Å². The quantitative estimate of drug-likeness (QED) is 0.484. The van der Waals surface area contributed by atoms with Gasteiger partial charge in [0.05, 0.1) is 17.3 Å². The first kappa shape index (κ1) is 18.8. The van der Waals surface area contributed by atoms with E-state index in [-0.39, 0.29) is 5.56 Å². The second kappa shape index (κ2) is 7.36. The molecule has 0 bridgehead atoms. The van der Waals surface area contributed by atoms with Crippen LogP contribution >= 0.6 is 27.7 Å². The van der Waals surface area contributed by atoms with Gasteiger partial charge in [-0.2, -0.15) is 18.3 Å². The van der Waals surface area contributed by atoms with Gasteiger partial charge in [-0.25, -0.2) is 0 Å². The number of aromatic amines is 1. The molecule has 0 unspecified atom stereocenters. The van der Waals surface area contributed by atoms with E-state index in [1.54, 1.807) is 42.1 Å². The van der Waals surface area contributed by atoms with Crippen molar-refractivity contribution in [1.82, 2.24) is 10.2 Å². The van der Waals surface area contributed by atoms with Crippen molar-refractivity contribution >= 4 is 27.7 Å². The molecule has 0 saturated heterocycles. The Morgan fingerprint density at radius 3 is 2.31 bits per heavy atom. The molecule has 0 aliphatic carbocycles. The Balaban J connectivity index is 2.22. The predicted molar refractivity (Wildman–Crippen MR) is 100 cm³/mol. The molecule has 0 radical (unpaired) electrons. The SMILES string of the molecule is COc1cc(-c2c(C(F)(F)F)n[nH]c2-c2ccc(SC)cc2)ccc1Br. The first-order valence-corrected chi connectivity index (χ1v) is 9.51. The van der Waals surface area contributed by atoms with E-state index in [1.807, 2.05) is 18.4 Å². The molecule has 0 fully saturated rings. The monoisotopic (exact) mass is 442 g/mol. The Kier molecular flexibility index (Phi) is 5.34. The molecular formula is C18H14BrF3N2OS. The fourth-order valence-electron chi connectivity index (χ4n) is 2.61. The number of methoxy groups -OCH3 is 1. The minimum Gasteiger partial charge on any atom is -0.496 e. The molecular weight excluding hydrogens is 429 g/mol. The van der Waals surface area contributed by atoms with Crippen LogP contribution in [0.25, 0.3) is 22.4 Å². The Bertz CT molecular complexity index is 923. The number of ether oxygens (including phenoxy) is 1. The zero-order valence-electron chi connectivity index (χ0n) is 13.8. The summed E-state index contributed by atoms with van der Waals surface area (Å²) in [5, 5.41) is 6.11. The second-order valence-corrected chi connectivity index (χ2v) is 7.13. The van der Waals surface area contributed by atoms with E-state index in [0.717, 1.165) is 4.90 Å². The lowest BCUT2D eigenvalue weighted by Gasteiger charge is -2.11. The molecule has 0 atom stereocenters. The first-order chi connectivity index (χ1) is 12.3. The zero-order valence-corrected chi connectivity index (χ0v) is 16.2. The minimum atomic E-state index is -4.58. The van der Waals surface area contributed by atoms with Crippen molar-refractivity contribution in [3.05, 3.63) is 52.6 Å². The van der Waals surface area contributed by atoms with Crippen LogP contribution in [0.4, 0.5) is 13.2 Å². The molecule has 3 rings (SSSR count). The van der Waals surface area contributed by atoms with Gasteiger partial charge in [0.1, 0.15) is 5.75 Å². The number of thioether (sulfide) groups is 1. The third-order valence-corrected chi connectivity index (χ3v) is 5.25. The largest absolute Gasteiger partial charge is 0.496 e. The van der Waals surface area contributed by atoms with Crippen LogP contribution in [0.1, 0.15) is 5.69 Å². The zero-order chi connectivity index (χ0) is 18.9. The lowest BCUT2D eigenvalue weighted by Crippen LogP contribution is -2.07. The van der Waals surface area contributed by atoms with E-state index in [2.05, 4.69) is 26.1 Å². The highest BCUT2D eigenvalue weighted by Crippen LogP contribution is 2.43. The van der Waals surface area contributed by atoms with Gasteiger partial charge in [0.25, 0.3) is 0 Å². The van der Waals surface area contributed by atoms with Crippen LogP contribution in [-0.2, 0) is 6.18 Å². The fraction of sp³-hybridized carbons (Fsp3) is 0.167. The topological polar surface area (TPSA) is 37.9 Å². The Hall–Kier alpha value is -1.93. The number of alkyl halides is 3. The number of H-pyrrole nitrogens is 1. The number of nitrogens with one attached hydrogen (secondary N) is 1. The molecule has 0 saturated carbocycles. The summed E-state index contributed by atoms with van der Waals surface area (Å²) < 4.78 is 46.4. The van der Waals surface area contributed by atoms with Crippen LogP contribution in [-0.4, -0.2) is 23.6 Å². The number of rotatable bonds is 4. The number of hydrogen-bond donors (Lipinski definition) is 1. The van der Waals surface area contributed by atoms with Gasteiger partial charge in [0, 0.05) is 16.0 Å². The molecule has 0 aliphatic rings. The summed E-state index contributed by atoms with van der Waals surface area (Å²) in [5.41, 5.74) is 0.359.